The molecule has 3 heterocycles. The fourth-order valence-corrected chi connectivity index (χ4v) is 5.73. The van der Waals surface area contributed by atoms with Crippen LogP contribution >= 0.6 is 0 Å². The Balaban J connectivity index is 1.18. The number of aromatic nitrogens is 2. The second-order valence-electron chi connectivity index (χ2n) is 10.4. The molecule has 3 N–H and O–H groups in total. The van der Waals surface area contributed by atoms with Crippen LogP contribution in [0.5, 0.6) is 5.75 Å². The van der Waals surface area contributed by atoms with Crippen molar-refractivity contribution in [3.8, 4) is 17.0 Å². The molecular weight excluding hydrogens is 466 g/mol. The van der Waals surface area contributed by atoms with Gasteiger partial charge in [0.25, 0.3) is 0 Å². The minimum atomic E-state index is 0.0945. The van der Waals surface area contributed by atoms with E-state index in [1.807, 2.05) is 23.1 Å². The van der Waals surface area contributed by atoms with E-state index in [1.165, 1.54) is 11.3 Å². The van der Waals surface area contributed by atoms with E-state index in [0.29, 0.717) is 17.1 Å². The summed E-state index contributed by atoms with van der Waals surface area (Å²) in [5.41, 5.74) is 11.1. The van der Waals surface area contributed by atoms with Crippen LogP contribution in [-0.2, 0) is 11.3 Å². The minimum Gasteiger partial charge on any atom is -0.507 e. The van der Waals surface area contributed by atoms with Crippen LogP contribution < -0.4 is 15.5 Å². The third-order valence-corrected chi connectivity index (χ3v) is 7.98. The molecule has 0 radical (unpaired) electrons. The lowest BCUT2D eigenvalue weighted by Gasteiger charge is -2.45. The number of para-hydroxylation sites is 1. The van der Waals surface area contributed by atoms with Gasteiger partial charge in [0, 0.05) is 63.6 Å². The molecule has 9 heteroatoms. The number of nitrogens with zero attached hydrogens (tertiary/aromatic N) is 6. The Hall–Kier alpha value is -3.85. The van der Waals surface area contributed by atoms with Gasteiger partial charge in [0.15, 0.2) is 5.82 Å². The molecule has 1 spiro atoms. The summed E-state index contributed by atoms with van der Waals surface area (Å²) in [5.74, 6) is 0.599. The van der Waals surface area contributed by atoms with E-state index in [1.54, 1.807) is 12.1 Å². The molecule has 6 rings (SSSR count). The molecule has 2 saturated heterocycles. The highest BCUT2D eigenvalue weighted by Gasteiger charge is 2.51. The van der Waals surface area contributed by atoms with Crippen LogP contribution in [0.2, 0.25) is 0 Å². The van der Waals surface area contributed by atoms with Crippen LogP contribution in [0.3, 0.4) is 0 Å². The maximum Gasteiger partial charge on any atom is 0.209 e. The number of rotatable bonds is 6. The first kappa shape index (κ1) is 23.5. The predicted molar refractivity (Wildman–Crippen MR) is 144 cm³/mol. The zero-order chi connectivity index (χ0) is 25.4. The van der Waals surface area contributed by atoms with Gasteiger partial charge in [-0.3, -0.25) is 9.69 Å². The summed E-state index contributed by atoms with van der Waals surface area (Å²) in [6, 6.07) is 18.1. The first-order valence-corrected chi connectivity index (χ1v) is 13.0. The molecule has 37 heavy (non-hydrogen) atoms. The number of nitrogens with two attached hydrogens (primary N) is 1. The minimum absolute atomic E-state index is 0.0945. The number of aromatic hydroxyl groups is 1. The second kappa shape index (κ2) is 9.55. The van der Waals surface area contributed by atoms with Crippen molar-refractivity contribution < 1.29 is 9.90 Å². The first-order chi connectivity index (χ1) is 18.0. The molecule has 192 valence electrons. The van der Waals surface area contributed by atoms with E-state index in [-0.39, 0.29) is 11.3 Å². The molecule has 3 aliphatic rings. The monoisotopic (exact) mass is 499 g/mol. The first-order valence-electron chi connectivity index (χ1n) is 13.0. The highest BCUT2D eigenvalue weighted by Crippen LogP contribution is 2.48. The van der Waals surface area contributed by atoms with Gasteiger partial charge < -0.3 is 25.5 Å². The number of nitrogen functional groups attached to an aromatic ring is 1. The van der Waals surface area contributed by atoms with E-state index in [0.717, 1.165) is 77.3 Å². The highest BCUT2D eigenvalue weighted by molar-refractivity contribution is 5.74. The Morgan fingerprint density at radius 2 is 1.76 bits per heavy atom. The normalized spacial score (nSPS) is 19.3. The van der Waals surface area contributed by atoms with Crippen molar-refractivity contribution in [2.24, 2.45) is 0 Å². The lowest BCUT2D eigenvalue weighted by atomic mass is 10.1. The summed E-state index contributed by atoms with van der Waals surface area (Å²) in [5, 5.41) is 18.8. The lowest BCUT2D eigenvalue weighted by molar-refractivity contribution is -0.119. The number of piperazine rings is 2. The van der Waals surface area contributed by atoms with Gasteiger partial charge >= 0.3 is 0 Å². The molecule has 0 atom stereocenters. The zero-order valence-electron chi connectivity index (χ0n) is 21.0. The van der Waals surface area contributed by atoms with Crippen molar-refractivity contribution in [2.45, 2.75) is 24.9 Å². The third kappa shape index (κ3) is 4.67. The summed E-state index contributed by atoms with van der Waals surface area (Å²) in [6.07, 6.45) is 3.24. The Bertz CT molecular complexity index is 1290. The zero-order valence-corrected chi connectivity index (χ0v) is 21.0. The smallest absolute Gasteiger partial charge is 0.209 e. The average Bonchev–Trinajstić information content (AvgIpc) is 3.69. The lowest BCUT2D eigenvalue weighted by Crippen LogP contribution is -2.55. The molecule has 3 fully saturated rings. The molecule has 3 aromatic rings. The van der Waals surface area contributed by atoms with E-state index in [4.69, 9.17) is 5.73 Å². The standard InChI is InChI=1S/C28H33N7O2/c29-27-25(17-24(30-31-27)23-6-1-2-7-26(23)37)34-14-15-35(28(19-34)8-9-28)22-5-3-4-21(16-22)18-32-10-12-33(20-36)13-11-32/h1-7,16-17,20,37H,8-15,18-19H2,(H2,29,31). The van der Waals surface area contributed by atoms with Gasteiger partial charge in [-0.05, 0) is 48.7 Å². The predicted octanol–water partition coefficient (Wildman–Crippen LogP) is 2.56. The third-order valence-electron chi connectivity index (χ3n) is 7.98. The van der Waals surface area contributed by atoms with Crippen molar-refractivity contribution in [3.63, 3.8) is 0 Å². The van der Waals surface area contributed by atoms with Crippen molar-refractivity contribution in [1.29, 1.82) is 0 Å². The van der Waals surface area contributed by atoms with E-state index >= 15 is 0 Å². The molecule has 1 aromatic heterocycles. The summed E-state index contributed by atoms with van der Waals surface area (Å²) >= 11 is 0. The number of phenols is 1. The number of carbonyl (C=O) groups excluding carboxylic acids is 1. The fourth-order valence-electron chi connectivity index (χ4n) is 5.73. The quantitative estimate of drug-likeness (QED) is 0.499. The second-order valence-corrected chi connectivity index (χ2v) is 10.4. The highest BCUT2D eigenvalue weighted by atomic mass is 16.3. The van der Waals surface area contributed by atoms with Gasteiger partial charge in [-0.2, -0.15) is 0 Å². The molecule has 1 aliphatic carbocycles. The van der Waals surface area contributed by atoms with Gasteiger partial charge in [-0.15, -0.1) is 10.2 Å². The maximum absolute atomic E-state index is 11.0. The number of carbonyl (C=O) groups is 1. The van der Waals surface area contributed by atoms with Gasteiger partial charge in [-0.1, -0.05) is 24.3 Å². The molecular formula is C28H33N7O2. The van der Waals surface area contributed by atoms with Crippen LogP contribution in [0.15, 0.2) is 54.6 Å². The SMILES string of the molecule is Nc1nnc(-c2ccccc2O)cc1N1CCN(c2cccc(CN3CCN(C=O)CC3)c2)C2(CC2)C1. The summed E-state index contributed by atoms with van der Waals surface area (Å²) < 4.78 is 0. The maximum atomic E-state index is 11.0. The van der Waals surface area contributed by atoms with Crippen molar-refractivity contribution in [2.75, 3.05) is 61.3 Å². The molecule has 0 unspecified atom stereocenters. The van der Waals surface area contributed by atoms with Gasteiger partial charge in [0.2, 0.25) is 6.41 Å². The summed E-state index contributed by atoms with van der Waals surface area (Å²) in [4.78, 5) is 20.2. The van der Waals surface area contributed by atoms with E-state index in [9.17, 15) is 9.90 Å². The summed E-state index contributed by atoms with van der Waals surface area (Å²) in [7, 11) is 0. The van der Waals surface area contributed by atoms with Crippen LogP contribution in [0.4, 0.5) is 17.2 Å². The Kier molecular flexibility index (Phi) is 6.08. The molecule has 1 saturated carbocycles. The van der Waals surface area contributed by atoms with Gasteiger partial charge in [-0.25, -0.2) is 0 Å². The molecule has 0 bridgehead atoms. The fraction of sp³-hybridized carbons (Fsp3) is 0.393. The molecule has 2 aromatic carbocycles. The van der Waals surface area contributed by atoms with Crippen molar-refractivity contribution >= 4 is 23.6 Å². The molecule has 9 nitrogen and oxygen atoms in total. The van der Waals surface area contributed by atoms with Crippen LogP contribution in [0, 0.1) is 0 Å². The van der Waals surface area contributed by atoms with Crippen LogP contribution in [0.25, 0.3) is 11.3 Å². The number of hydrogen-bond acceptors (Lipinski definition) is 8. The Morgan fingerprint density at radius 3 is 2.51 bits per heavy atom. The number of benzene rings is 2. The van der Waals surface area contributed by atoms with Gasteiger partial charge in [0.1, 0.15) is 5.75 Å². The Labute approximate surface area is 217 Å². The van der Waals surface area contributed by atoms with Gasteiger partial charge in [0.05, 0.1) is 16.9 Å². The number of phenolic OH excluding ortho intramolecular Hbond substituents is 1. The largest absolute Gasteiger partial charge is 0.507 e. The Morgan fingerprint density at radius 1 is 0.946 bits per heavy atom. The number of hydrogen-bond donors (Lipinski definition) is 2. The number of anilines is 3. The van der Waals surface area contributed by atoms with Crippen molar-refractivity contribution in [1.82, 2.24) is 20.0 Å². The summed E-state index contributed by atoms with van der Waals surface area (Å²) in [6.45, 7) is 6.93. The number of amides is 1. The average molecular weight is 500 g/mol. The van der Waals surface area contributed by atoms with Crippen LogP contribution in [0.1, 0.15) is 18.4 Å². The van der Waals surface area contributed by atoms with E-state index < -0.39 is 0 Å². The van der Waals surface area contributed by atoms with Crippen molar-refractivity contribution in [3.05, 3.63) is 60.2 Å². The molecule has 1 amide bonds. The van der Waals surface area contributed by atoms with Crippen LogP contribution in [-0.4, -0.2) is 82.9 Å². The topological polar surface area (TPSA) is 102 Å². The van der Waals surface area contributed by atoms with E-state index in [2.05, 4.69) is 49.2 Å². The molecule has 2 aliphatic heterocycles.